The molecule has 0 bridgehead atoms. The van der Waals surface area contributed by atoms with Gasteiger partial charge in [-0.3, -0.25) is 4.79 Å². The number of hydrogen-bond donors (Lipinski definition) is 1. The number of rotatable bonds is 6. The molecule has 0 amide bonds. The monoisotopic (exact) mass is 416 g/mol. The quantitative estimate of drug-likeness (QED) is 0.547. The normalized spacial score (nSPS) is 16.1. The number of carbonyl (C=O) groups is 1. The number of aromatic nitrogens is 1. The molecule has 0 spiro atoms. The summed E-state index contributed by atoms with van der Waals surface area (Å²) in [6.45, 7) is 3.93. The maximum atomic E-state index is 13.1. The van der Waals surface area contributed by atoms with Crippen LogP contribution < -0.4 is 9.64 Å². The molecule has 154 valence electrons. The van der Waals surface area contributed by atoms with Gasteiger partial charge in [0.1, 0.15) is 11.6 Å². The summed E-state index contributed by atoms with van der Waals surface area (Å²) in [5.41, 5.74) is 4.14. The van der Waals surface area contributed by atoms with E-state index in [-0.39, 0.29) is 24.0 Å². The van der Waals surface area contributed by atoms with E-state index in [1.165, 1.54) is 28.9 Å². The Bertz CT molecular complexity index is 1000. The molecule has 6 heteroatoms. The van der Waals surface area contributed by atoms with E-state index in [4.69, 9.17) is 4.74 Å². The highest BCUT2D eigenvalue weighted by Crippen LogP contribution is 2.37. The van der Waals surface area contributed by atoms with E-state index in [1.807, 2.05) is 6.07 Å². The minimum absolute atomic E-state index is 0. The van der Waals surface area contributed by atoms with Crippen LogP contribution in [0.4, 0.5) is 10.1 Å². The van der Waals surface area contributed by atoms with Gasteiger partial charge in [-0.05, 0) is 61.2 Å². The molecule has 1 aliphatic heterocycles. The highest BCUT2D eigenvalue weighted by Gasteiger charge is 2.28. The number of ether oxygens (including phenoxy) is 1. The molecule has 4 rings (SSSR count). The Labute approximate surface area is 176 Å². The molecule has 1 saturated heterocycles. The van der Waals surface area contributed by atoms with Crippen LogP contribution in [0.2, 0.25) is 0 Å². The second kappa shape index (κ2) is 8.87. The van der Waals surface area contributed by atoms with Crippen molar-refractivity contribution in [1.29, 1.82) is 0 Å². The molecule has 1 aliphatic rings. The van der Waals surface area contributed by atoms with Gasteiger partial charge in [0.25, 0.3) is 0 Å². The summed E-state index contributed by atoms with van der Waals surface area (Å²) >= 11 is 0. The minimum Gasteiger partial charge on any atom is -0.497 e. The van der Waals surface area contributed by atoms with Gasteiger partial charge >= 0.3 is 0 Å². The second-order valence-corrected chi connectivity index (χ2v) is 7.45. The average Bonchev–Trinajstić information content (AvgIpc) is 3.31. The van der Waals surface area contributed by atoms with Crippen molar-refractivity contribution in [2.24, 2.45) is 5.92 Å². The van der Waals surface area contributed by atoms with E-state index in [1.54, 1.807) is 19.2 Å². The smallest absolute Gasteiger partial charge is 0.163 e. The van der Waals surface area contributed by atoms with Crippen LogP contribution in [-0.2, 0) is 6.42 Å². The Morgan fingerprint density at radius 1 is 1.24 bits per heavy atom. The van der Waals surface area contributed by atoms with Crippen molar-refractivity contribution in [1.82, 2.24) is 4.98 Å². The predicted octanol–water partition coefficient (Wildman–Crippen LogP) is 5.40. The Morgan fingerprint density at radius 2 is 2.00 bits per heavy atom. The van der Waals surface area contributed by atoms with E-state index in [2.05, 4.69) is 28.9 Å². The molecule has 0 saturated carbocycles. The van der Waals surface area contributed by atoms with Crippen molar-refractivity contribution in [2.75, 3.05) is 25.1 Å². The number of nitrogens with one attached hydrogen (secondary N) is 1. The number of fused-ring (bicyclic) bond motifs is 1. The molecular formula is C23H26ClFN2O2. The molecule has 1 aromatic heterocycles. The van der Waals surface area contributed by atoms with Gasteiger partial charge in [0.15, 0.2) is 5.78 Å². The fourth-order valence-corrected chi connectivity index (χ4v) is 4.17. The largest absolute Gasteiger partial charge is 0.497 e. The number of Topliss-reactive ketones (excluding diaryl/α,β-unsaturated/α-hetero) is 1. The van der Waals surface area contributed by atoms with Crippen molar-refractivity contribution >= 4 is 34.8 Å². The number of benzene rings is 2. The molecule has 2 heterocycles. The van der Waals surface area contributed by atoms with Gasteiger partial charge in [-0.15, -0.1) is 12.4 Å². The first-order valence-corrected chi connectivity index (χ1v) is 9.81. The maximum absolute atomic E-state index is 13.1. The van der Waals surface area contributed by atoms with Crippen LogP contribution in [0.3, 0.4) is 0 Å². The van der Waals surface area contributed by atoms with Gasteiger partial charge in [0, 0.05) is 41.7 Å². The van der Waals surface area contributed by atoms with Gasteiger partial charge in [-0.25, -0.2) is 4.39 Å². The Kier molecular flexibility index (Phi) is 6.48. The number of carbonyl (C=O) groups excluding carboxylic acids is 1. The van der Waals surface area contributed by atoms with Crippen LogP contribution >= 0.6 is 12.4 Å². The predicted molar refractivity (Wildman–Crippen MR) is 117 cm³/mol. The molecule has 0 radical (unpaired) electrons. The number of nitrogens with zero attached hydrogens (tertiary/aromatic N) is 1. The minimum atomic E-state index is -0.314. The first-order valence-electron chi connectivity index (χ1n) is 9.81. The maximum Gasteiger partial charge on any atom is 0.163 e. The molecule has 0 aliphatic carbocycles. The third kappa shape index (κ3) is 4.25. The highest BCUT2D eigenvalue weighted by molar-refractivity contribution is 5.97. The lowest BCUT2D eigenvalue weighted by Crippen LogP contribution is -2.21. The zero-order valence-corrected chi connectivity index (χ0v) is 17.5. The van der Waals surface area contributed by atoms with E-state index in [9.17, 15) is 9.18 Å². The van der Waals surface area contributed by atoms with Crippen LogP contribution in [0.25, 0.3) is 10.9 Å². The summed E-state index contributed by atoms with van der Waals surface area (Å²) in [6, 6.07) is 12.0. The Morgan fingerprint density at radius 3 is 2.69 bits per heavy atom. The third-order valence-electron chi connectivity index (χ3n) is 5.65. The number of hydrogen-bond acceptors (Lipinski definition) is 3. The van der Waals surface area contributed by atoms with Crippen molar-refractivity contribution in [3.63, 3.8) is 0 Å². The molecule has 29 heavy (non-hydrogen) atoms. The zero-order valence-electron chi connectivity index (χ0n) is 16.7. The van der Waals surface area contributed by atoms with Gasteiger partial charge in [0.05, 0.1) is 12.8 Å². The summed E-state index contributed by atoms with van der Waals surface area (Å²) in [6.07, 6.45) is 2.39. The summed E-state index contributed by atoms with van der Waals surface area (Å²) in [7, 11) is 1.68. The van der Waals surface area contributed by atoms with Gasteiger partial charge in [-0.2, -0.15) is 0 Å². The molecule has 1 atom stereocenters. The van der Waals surface area contributed by atoms with Crippen LogP contribution in [0.15, 0.2) is 42.5 Å². The number of H-pyrrole nitrogens is 1. The number of aromatic amines is 1. The second-order valence-electron chi connectivity index (χ2n) is 7.45. The van der Waals surface area contributed by atoms with Gasteiger partial charge < -0.3 is 14.6 Å². The molecule has 3 aromatic rings. The first kappa shape index (κ1) is 21.2. The Balaban J connectivity index is 0.00000240. The van der Waals surface area contributed by atoms with Crippen LogP contribution in [0, 0.1) is 11.7 Å². The van der Waals surface area contributed by atoms with Crippen molar-refractivity contribution in [2.45, 2.75) is 26.2 Å². The fraction of sp³-hybridized carbons (Fsp3) is 0.348. The van der Waals surface area contributed by atoms with E-state index in [0.717, 1.165) is 37.2 Å². The standard InChI is InChI=1S/C23H25FN2O2.ClH/c1-3-20-23(19-13-18(28-2)8-9-21(19)25-20)26-11-10-15(14-26)12-22(27)16-4-6-17(24)7-5-16;/h4-9,13,15,25H,3,10-12,14H2,1-2H3;1H. The van der Waals surface area contributed by atoms with E-state index in [0.29, 0.717) is 17.9 Å². The number of methoxy groups -OCH3 is 1. The summed E-state index contributed by atoms with van der Waals surface area (Å²) < 4.78 is 18.5. The van der Waals surface area contributed by atoms with Crippen LogP contribution in [0.5, 0.6) is 5.75 Å². The van der Waals surface area contributed by atoms with Crippen molar-refractivity contribution in [3.05, 3.63) is 59.5 Å². The topological polar surface area (TPSA) is 45.3 Å². The van der Waals surface area contributed by atoms with Gasteiger partial charge in [-0.1, -0.05) is 6.92 Å². The van der Waals surface area contributed by atoms with Crippen molar-refractivity contribution in [3.8, 4) is 5.75 Å². The average molecular weight is 417 g/mol. The Hall–Kier alpha value is -2.53. The highest BCUT2D eigenvalue weighted by atomic mass is 35.5. The van der Waals surface area contributed by atoms with Crippen LogP contribution in [-0.4, -0.2) is 31.0 Å². The first-order chi connectivity index (χ1) is 13.6. The lowest BCUT2D eigenvalue weighted by Gasteiger charge is -2.20. The number of halogens is 2. The molecule has 1 N–H and O–H groups in total. The lowest BCUT2D eigenvalue weighted by atomic mass is 9.97. The molecular weight excluding hydrogens is 391 g/mol. The molecule has 2 aromatic carbocycles. The number of anilines is 1. The van der Waals surface area contributed by atoms with E-state index >= 15 is 0 Å². The molecule has 4 nitrogen and oxygen atoms in total. The zero-order chi connectivity index (χ0) is 19.7. The van der Waals surface area contributed by atoms with Crippen molar-refractivity contribution < 1.29 is 13.9 Å². The van der Waals surface area contributed by atoms with Crippen LogP contribution in [0.1, 0.15) is 35.8 Å². The summed E-state index contributed by atoms with van der Waals surface area (Å²) in [5, 5.41) is 1.17. The molecule has 1 unspecified atom stereocenters. The van der Waals surface area contributed by atoms with E-state index < -0.39 is 0 Å². The fourth-order valence-electron chi connectivity index (χ4n) is 4.17. The number of aryl methyl sites for hydroxylation is 1. The summed E-state index contributed by atoms with van der Waals surface area (Å²) in [4.78, 5) is 18.5. The third-order valence-corrected chi connectivity index (χ3v) is 5.65. The lowest BCUT2D eigenvalue weighted by molar-refractivity contribution is 0.0965. The van der Waals surface area contributed by atoms with Gasteiger partial charge in [0.2, 0.25) is 0 Å². The SMILES string of the molecule is CCc1[nH]c2ccc(OC)cc2c1N1CCC(CC(=O)c2ccc(F)cc2)C1.Cl. The molecule has 1 fully saturated rings. The number of ketones is 1. The summed E-state index contributed by atoms with van der Waals surface area (Å²) in [5.74, 6) is 0.920.